The average Bonchev–Trinajstić information content (AvgIpc) is 2.50. The van der Waals surface area contributed by atoms with Crippen molar-refractivity contribution in [1.29, 1.82) is 0 Å². The van der Waals surface area contributed by atoms with E-state index in [9.17, 15) is 4.79 Å². The minimum absolute atomic E-state index is 0.334. The molecular formula is C15H18N2O3. The Hall–Kier alpha value is -1.98. The molecule has 5 nitrogen and oxygen atoms in total. The number of nitrogens with one attached hydrogen (secondary N) is 1. The van der Waals surface area contributed by atoms with Gasteiger partial charge in [0.05, 0.1) is 19.2 Å². The quantitative estimate of drug-likeness (QED) is 0.641. The Labute approximate surface area is 117 Å². The predicted molar refractivity (Wildman–Crippen MR) is 76.4 cm³/mol. The number of para-hydroxylation sites is 1. The zero-order valence-electron chi connectivity index (χ0n) is 11.6. The van der Waals surface area contributed by atoms with Crippen molar-refractivity contribution in [3.63, 3.8) is 0 Å². The Kier molecular flexibility index (Phi) is 5.03. The second-order valence-corrected chi connectivity index (χ2v) is 4.33. The van der Waals surface area contributed by atoms with Gasteiger partial charge in [-0.1, -0.05) is 24.3 Å². The van der Waals surface area contributed by atoms with Gasteiger partial charge in [0.25, 0.3) is 0 Å². The van der Waals surface area contributed by atoms with Crippen LogP contribution in [-0.4, -0.2) is 38.3 Å². The zero-order chi connectivity index (χ0) is 14.4. The lowest BCUT2D eigenvalue weighted by atomic mass is 10.0. The molecule has 0 aliphatic rings. The predicted octanol–water partition coefficient (Wildman–Crippen LogP) is 1.68. The summed E-state index contributed by atoms with van der Waals surface area (Å²) in [5.74, 6) is -0.334. The number of benzene rings is 1. The maximum atomic E-state index is 12.0. The van der Waals surface area contributed by atoms with Crippen LogP contribution in [0.3, 0.4) is 0 Å². The lowest BCUT2D eigenvalue weighted by Gasteiger charge is -2.18. The van der Waals surface area contributed by atoms with E-state index in [4.69, 9.17) is 9.47 Å². The normalized spacial score (nSPS) is 12.3. The van der Waals surface area contributed by atoms with Gasteiger partial charge < -0.3 is 9.47 Å². The lowest BCUT2D eigenvalue weighted by Crippen LogP contribution is -2.32. The second kappa shape index (κ2) is 6.98. The third-order valence-corrected chi connectivity index (χ3v) is 3.07. The van der Waals surface area contributed by atoms with Crippen molar-refractivity contribution in [1.82, 2.24) is 10.3 Å². The van der Waals surface area contributed by atoms with Crippen molar-refractivity contribution in [2.24, 2.45) is 0 Å². The molecule has 1 N–H and O–H groups in total. The summed E-state index contributed by atoms with van der Waals surface area (Å²) in [6.07, 6.45) is 1.72. The van der Waals surface area contributed by atoms with Crippen LogP contribution in [0.5, 0.6) is 0 Å². The van der Waals surface area contributed by atoms with Crippen molar-refractivity contribution in [2.75, 3.05) is 27.4 Å². The third kappa shape index (κ3) is 3.12. The molecule has 1 aromatic heterocycles. The standard InChI is InChI=1S/C15H18N2O3/c1-19-10-9-17-14(15(18)20-2)12-7-3-5-11-6-4-8-16-13(11)12/h3-8,14,17H,9-10H2,1-2H3. The summed E-state index contributed by atoms with van der Waals surface area (Å²) in [7, 11) is 3.00. The molecule has 0 spiro atoms. The molecule has 2 aromatic rings. The molecule has 0 radical (unpaired) electrons. The Morgan fingerprint density at radius 2 is 2.10 bits per heavy atom. The molecule has 0 fully saturated rings. The number of ether oxygens (including phenoxy) is 2. The highest BCUT2D eigenvalue weighted by molar-refractivity contribution is 5.88. The van der Waals surface area contributed by atoms with Crippen LogP contribution in [-0.2, 0) is 14.3 Å². The highest BCUT2D eigenvalue weighted by Crippen LogP contribution is 2.23. The van der Waals surface area contributed by atoms with Gasteiger partial charge in [0.2, 0.25) is 0 Å². The highest BCUT2D eigenvalue weighted by Gasteiger charge is 2.23. The van der Waals surface area contributed by atoms with Crippen LogP contribution in [0, 0.1) is 0 Å². The van der Waals surface area contributed by atoms with Crippen LogP contribution in [0.4, 0.5) is 0 Å². The van der Waals surface area contributed by atoms with Crippen molar-refractivity contribution in [3.05, 3.63) is 42.1 Å². The van der Waals surface area contributed by atoms with Crippen molar-refractivity contribution >= 4 is 16.9 Å². The molecule has 106 valence electrons. The Bertz CT molecular complexity index is 581. The van der Waals surface area contributed by atoms with Gasteiger partial charge in [-0.2, -0.15) is 0 Å². The molecule has 5 heteroatoms. The average molecular weight is 274 g/mol. The van der Waals surface area contributed by atoms with Gasteiger partial charge in [0.15, 0.2) is 0 Å². The fourth-order valence-corrected chi connectivity index (χ4v) is 2.10. The molecule has 0 aliphatic carbocycles. The summed E-state index contributed by atoms with van der Waals surface area (Å²) in [6.45, 7) is 1.07. The van der Waals surface area contributed by atoms with Gasteiger partial charge in [-0.3, -0.25) is 10.3 Å². The van der Waals surface area contributed by atoms with Crippen LogP contribution in [0.15, 0.2) is 36.5 Å². The smallest absolute Gasteiger partial charge is 0.327 e. The van der Waals surface area contributed by atoms with Gasteiger partial charge in [0, 0.05) is 30.8 Å². The number of fused-ring (bicyclic) bond motifs is 1. The van der Waals surface area contributed by atoms with Crippen LogP contribution < -0.4 is 5.32 Å². The molecule has 1 unspecified atom stereocenters. The van der Waals surface area contributed by atoms with Crippen LogP contribution >= 0.6 is 0 Å². The van der Waals surface area contributed by atoms with E-state index < -0.39 is 6.04 Å². The summed E-state index contributed by atoms with van der Waals surface area (Å²) in [5.41, 5.74) is 1.61. The Balaban J connectivity index is 2.37. The molecule has 20 heavy (non-hydrogen) atoms. The topological polar surface area (TPSA) is 60.5 Å². The molecular weight excluding hydrogens is 256 g/mol. The molecule has 2 rings (SSSR count). The molecule has 0 aliphatic heterocycles. The van der Waals surface area contributed by atoms with Crippen molar-refractivity contribution < 1.29 is 14.3 Å². The first-order valence-electron chi connectivity index (χ1n) is 6.41. The van der Waals surface area contributed by atoms with E-state index in [1.807, 2.05) is 30.3 Å². The largest absolute Gasteiger partial charge is 0.468 e. The van der Waals surface area contributed by atoms with E-state index in [1.54, 1.807) is 13.3 Å². The third-order valence-electron chi connectivity index (χ3n) is 3.07. The van der Waals surface area contributed by atoms with Gasteiger partial charge in [-0.15, -0.1) is 0 Å². The Morgan fingerprint density at radius 1 is 1.30 bits per heavy atom. The summed E-state index contributed by atoms with van der Waals surface area (Å²) in [4.78, 5) is 16.4. The molecule has 1 atom stereocenters. The van der Waals surface area contributed by atoms with E-state index >= 15 is 0 Å². The number of nitrogens with zero attached hydrogens (tertiary/aromatic N) is 1. The molecule has 0 amide bonds. The maximum Gasteiger partial charge on any atom is 0.327 e. The maximum absolute atomic E-state index is 12.0. The summed E-state index contributed by atoms with van der Waals surface area (Å²) in [5, 5.41) is 4.13. The van der Waals surface area contributed by atoms with E-state index in [2.05, 4.69) is 10.3 Å². The number of aromatic nitrogens is 1. The van der Waals surface area contributed by atoms with Gasteiger partial charge >= 0.3 is 5.97 Å². The second-order valence-electron chi connectivity index (χ2n) is 4.33. The first kappa shape index (κ1) is 14.4. The van der Waals surface area contributed by atoms with Crippen LogP contribution in [0.2, 0.25) is 0 Å². The molecule has 0 saturated heterocycles. The first-order chi connectivity index (χ1) is 9.77. The molecule has 1 aromatic carbocycles. The summed E-state index contributed by atoms with van der Waals surface area (Å²) >= 11 is 0. The summed E-state index contributed by atoms with van der Waals surface area (Å²) < 4.78 is 9.88. The number of esters is 1. The van der Waals surface area contributed by atoms with E-state index in [0.717, 1.165) is 16.5 Å². The number of pyridine rings is 1. The van der Waals surface area contributed by atoms with Crippen molar-refractivity contribution in [3.8, 4) is 0 Å². The van der Waals surface area contributed by atoms with Gasteiger partial charge in [-0.25, -0.2) is 4.79 Å². The molecule has 0 bridgehead atoms. The number of carbonyl (C=O) groups is 1. The fourth-order valence-electron chi connectivity index (χ4n) is 2.10. The van der Waals surface area contributed by atoms with Crippen LogP contribution in [0.25, 0.3) is 10.9 Å². The number of carbonyl (C=O) groups excluding carboxylic acids is 1. The van der Waals surface area contributed by atoms with E-state index in [1.165, 1.54) is 7.11 Å². The number of methoxy groups -OCH3 is 2. The molecule has 0 saturated carbocycles. The first-order valence-corrected chi connectivity index (χ1v) is 6.41. The number of hydrogen-bond donors (Lipinski definition) is 1. The highest BCUT2D eigenvalue weighted by atomic mass is 16.5. The van der Waals surface area contributed by atoms with Gasteiger partial charge in [0.1, 0.15) is 6.04 Å². The van der Waals surface area contributed by atoms with Crippen molar-refractivity contribution in [2.45, 2.75) is 6.04 Å². The van der Waals surface area contributed by atoms with E-state index in [0.29, 0.717) is 13.2 Å². The van der Waals surface area contributed by atoms with Crippen LogP contribution in [0.1, 0.15) is 11.6 Å². The van der Waals surface area contributed by atoms with E-state index in [-0.39, 0.29) is 5.97 Å². The van der Waals surface area contributed by atoms with Gasteiger partial charge in [-0.05, 0) is 6.07 Å². The Morgan fingerprint density at radius 3 is 2.85 bits per heavy atom. The number of rotatable bonds is 6. The minimum atomic E-state index is -0.547. The summed E-state index contributed by atoms with van der Waals surface area (Å²) in [6, 6.07) is 9.06. The fraction of sp³-hybridized carbons (Fsp3) is 0.333. The number of hydrogen-bond acceptors (Lipinski definition) is 5. The monoisotopic (exact) mass is 274 g/mol. The minimum Gasteiger partial charge on any atom is -0.468 e. The SMILES string of the molecule is COCCNC(C(=O)OC)c1cccc2cccnc12. The lowest BCUT2D eigenvalue weighted by molar-refractivity contribution is -0.143. The molecule has 1 heterocycles. The zero-order valence-corrected chi connectivity index (χ0v) is 11.6.